The maximum Gasteiger partial charge on any atom is 0.180 e. The summed E-state index contributed by atoms with van der Waals surface area (Å²) in [6, 6.07) is 8.62. The summed E-state index contributed by atoms with van der Waals surface area (Å²) >= 11 is 0. The van der Waals surface area contributed by atoms with Crippen LogP contribution in [0.1, 0.15) is 37.0 Å². The summed E-state index contributed by atoms with van der Waals surface area (Å²) in [6.45, 7) is 3.94. The van der Waals surface area contributed by atoms with Crippen molar-refractivity contribution in [3.63, 3.8) is 0 Å². The van der Waals surface area contributed by atoms with E-state index in [-0.39, 0.29) is 11.9 Å². The number of ether oxygens (including phenoxy) is 1. The van der Waals surface area contributed by atoms with E-state index in [0.717, 1.165) is 0 Å². The van der Waals surface area contributed by atoms with E-state index in [1.807, 2.05) is 0 Å². The van der Waals surface area contributed by atoms with Crippen LogP contribution < -0.4 is 0 Å². The Bertz CT molecular complexity index is 565. The molecule has 1 heterocycles. The molecule has 1 saturated heterocycles. The van der Waals surface area contributed by atoms with Gasteiger partial charge in [-0.1, -0.05) is 37.3 Å². The first-order valence-corrected chi connectivity index (χ1v) is 8.53. The zero-order valence-electron chi connectivity index (χ0n) is 11.8. The number of Topliss-reactive ketones (excluding diaryl/α,β-unsaturated/α-hetero) is 1. The first-order chi connectivity index (χ1) is 9.48. The lowest BCUT2D eigenvalue weighted by Crippen LogP contribution is -2.40. The molecule has 110 valence electrons. The van der Waals surface area contributed by atoms with Gasteiger partial charge < -0.3 is 4.74 Å². The Morgan fingerprint density at radius 2 is 2.00 bits per heavy atom. The second-order valence-corrected chi connectivity index (χ2v) is 7.47. The molecule has 0 N–H and O–H groups in total. The second-order valence-electron chi connectivity index (χ2n) is 5.12. The van der Waals surface area contributed by atoms with Crippen LogP contribution in [-0.4, -0.2) is 37.4 Å². The predicted octanol–water partition coefficient (Wildman–Crippen LogP) is 2.24. The van der Waals surface area contributed by atoms with Gasteiger partial charge in [0, 0.05) is 12.2 Å². The summed E-state index contributed by atoms with van der Waals surface area (Å²) in [6.07, 6.45) is 0.430. The van der Waals surface area contributed by atoms with Crippen LogP contribution in [0.15, 0.2) is 30.3 Å². The van der Waals surface area contributed by atoms with Crippen molar-refractivity contribution in [2.24, 2.45) is 0 Å². The fourth-order valence-corrected chi connectivity index (χ4v) is 5.07. The topological polar surface area (TPSA) is 60.4 Å². The Labute approximate surface area is 120 Å². The molecule has 4 nitrogen and oxygen atoms in total. The normalized spacial score (nSPS) is 24.5. The fraction of sp³-hybridized carbons (Fsp3) is 0.533. The number of ketones is 1. The van der Waals surface area contributed by atoms with Gasteiger partial charge in [-0.3, -0.25) is 4.79 Å². The van der Waals surface area contributed by atoms with Gasteiger partial charge in [0.15, 0.2) is 15.6 Å². The third kappa shape index (κ3) is 2.79. The van der Waals surface area contributed by atoms with Gasteiger partial charge in [-0.2, -0.15) is 0 Å². The summed E-state index contributed by atoms with van der Waals surface area (Å²) in [5, 5.41) is -1.54. The Morgan fingerprint density at radius 3 is 2.50 bits per heavy atom. The fourth-order valence-electron chi connectivity index (χ4n) is 2.71. The molecular weight excluding hydrogens is 276 g/mol. The van der Waals surface area contributed by atoms with Gasteiger partial charge in [0.1, 0.15) is 5.25 Å². The molecule has 0 aromatic heterocycles. The summed E-state index contributed by atoms with van der Waals surface area (Å²) in [5.74, 6) is -0.313. The van der Waals surface area contributed by atoms with Crippen molar-refractivity contribution < 1.29 is 17.9 Å². The monoisotopic (exact) mass is 296 g/mol. The predicted molar refractivity (Wildman–Crippen MR) is 77.6 cm³/mol. The first kappa shape index (κ1) is 15.2. The smallest absolute Gasteiger partial charge is 0.180 e. The lowest BCUT2D eigenvalue weighted by atomic mass is 10.1. The Balaban J connectivity index is 2.30. The Morgan fingerprint density at radius 1 is 1.35 bits per heavy atom. The van der Waals surface area contributed by atoms with E-state index in [1.54, 1.807) is 44.2 Å². The highest BCUT2D eigenvalue weighted by Gasteiger charge is 2.43. The minimum Gasteiger partial charge on any atom is -0.377 e. The molecule has 1 aromatic carbocycles. The standard InChI is InChI=1S/C15H20O4S/c1-3-13(15(16)12-7-5-4-6-8-12)20(17,18)14-9-10-19-11(14)2/h4-8,11,13-14H,3,9-10H2,1-2H3. The summed E-state index contributed by atoms with van der Waals surface area (Å²) in [7, 11) is -3.52. The number of rotatable bonds is 5. The van der Waals surface area contributed by atoms with Crippen LogP contribution in [0.25, 0.3) is 0 Å². The minimum atomic E-state index is -3.52. The van der Waals surface area contributed by atoms with Gasteiger partial charge in [-0.15, -0.1) is 0 Å². The molecule has 3 unspecified atom stereocenters. The Hall–Kier alpha value is -1.20. The molecular formula is C15H20O4S. The lowest BCUT2D eigenvalue weighted by Gasteiger charge is -2.21. The highest BCUT2D eigenvalue weighted by atomic mass is 32.2. The van der Waals surface area contributed by atoms with E-state index in [0.29, 0.717) is 25.0 Å². The molecule has 1 aliphatic heterocycles. The molecule has 1 aromatic rings. The zero-order valence-corrected chi connectivity index (χ0v) is 12.6. The molecule has 5 heteroatoms. The maximum absolute atomic E-state index is 12.7. The van der Waals surface area contributed by atoms with Gasteiger partial charge >= 0.3 is 0 Å². The molecule has 0 saturated carbocycles. The third-order valence-corrected chi connectivity index (χ3v) is 6.65. The van der Waals surface area contributed by atoms with Crippen molar-refractivity contribution in [2.45, 2.75) is 43.3 Å². The molecule has 2 rings (SSSR count). The minimum absolute atomic E-state index is 0.291. The number of sulfone groups is 1. The highest BCUT2D eigenvalue weighted by molar-refractivity contribution is 7.93. The van der Waals surface area contributed by atoms with E-state index in [4.69, 9.17) is 4.74 Å². The van der Waals surface area contributed by atoms with Crippen molar-refractivity contribution in [1.29, 1.82) is 0 Å². The number of hydrogen-bond acceptors (Lipinski definition) is 4. The first-order valence-electron chi connectivity index (χ1n) is 6.92. The largest absolute Gasteiger partial charge is 0.377 e. The van der Waals surface area contributed by atoms with Gasteiger partial charge in [0.05, 0.1) is 11.4 Å². The lowest BCUT2D eigenvalue weighted by molar-refractivity contribution is 0.0984. The van der Waals surface area contributed by atoms with Gasteiger partial charge in [0.2, 0.25) is 0 Å². The average Bonchev–Trinajstić information content (AvgIpc) is 2.87. The van der Waals surface area contributed by atoms with E-state index in [9.17, 15) is 13.2 Å². The van der Waals surface area contributed by atoms with E-state index >= 15 is 0 Å². The summed E-state index contributed by atoms with van der Waals surface area (Å²) in [4.78, 5) is 12.5. The van der Waals surface area contributed by atoms with Crippen molar-refractivity contribution in [3.05, 3.63) is 35.9 Å². The summed E-state index contributed by atoms with van der Waals surface area (Å²) in [5.41, 5.74) is 0.453. The average molecular weight is 296 g/mol. The van der Waals surface area contributed by atoms with Crippen LogP contribution in [0.2, 0.25) is 0 Å². The second kappa shape index (κ2) is 6.06. The van der Waals surface area contributed by atoms with Crippen LogP contribution in [0.5, 0.6) is 0 Å². The molecule has 0 amide bonds. The van der Waals surface area contributed by atoms with Crippen LogP contribution in [-0.2, 0) is 14.6 Å². The van der Waals surface area contributed by atoms with Crippen LogP contribution >= 0.6 is 0 Å². The number of hydrogen-bond donors (Lipinski definition) is 0. The molecule has 3 atom stereocenters. The maximum atomic E-state index is 12.7. The quantitative estimate of drug-likeness (QED) is 0.782. The zero-order chi connectivity index (χ0) is 14.8. The molecule has 0 aliphatic carbocycles. The number of benzene rings is 1. The number of carbonyl (C=O) groups is 1. The molecule has 0 radical (unpaired) electrons. The van der Waals surface area contributed by atoms with E-state index in [1.165, 1.54) is 0 Å². The van der Waals surface area contributed by atoms with Gasteiger partial charge in [-0.05, 0) is 19.8 Å². The van der Waals surface area contributed by atoms with Crippen LogP contribution in [0, 0.1) is 0 Å². The van der Waals surface area contributed by atoms with Gasteiger partial charge in [-0.25, -0.2) is 8.42 Å². The number of carbonyl (C=O) groups excluding carboxylic acids is 1. The SMILES string of the molecule is CCC(C(=O)c1ccccc1)S(=O)(=O)C1CCOC1C. The van der Waals surface area contributed by atoms with Crippen molar-refractivity contribution in [2.75, 3.05) is 6.61 Å². The van der Waals surface area contributed by atoms with E-state index < -0.39 is 20.3 Å². The van der Waals surface area contributed by atoms with Crippen LogP contribution in [0.4, 0.5) is 0 Å². The van der Waals surface area contributed by atoms with E-state index in [2.05, 4.69) is 0 Å². The van der Waals surface area contributed by atoms with Crippen molar-refractivity contribution in [3.8, 4) is 0 Å². The molecule has 1 fully saturated rings. The highest BCUT2D eigenvalue weighted by Crippen LogP contribution is 2.27. The third-order valence-electron chi connectivity index (χ3n) is 3.85. The van der Waals surface area contributed by atoms with Gasteiger partial charge in [0.25, 0.3) is 0 Å². The van der Waals surface area contributed by atoms with Crippen molar-refractivity contribution in [1.82, 2.24) is 0 Å². The molecule has 0 bridgehead atoms. The van der Waals surface area contributed by atoms with Crippen molar-refractivity contribution >= 4 is 15.6 Å². The molecule has 20 heavy (non-hydrogen) atoms. The summed E-state index contributed by atoms with van der Waals surface area (Å²) < 4.78 is 30.7. The molecule has 0 spiro atoms. The van der Waals surface area contributed by atoms with Crippen LogP contribution in [0.3, 0.4) is 0 Å². The Kier molecular flexibility index (Phi) is 4.60. The molecule has 1 aliphatic rings.